The van der Waals surface area contributed by atoms with Crippen molar-refractivity contribution in [2.45, 2.75) is 25.7 Å². The summed E-state index contributed by atoms with van der Waals surface area (Å²) in [7, 11) is -3.84. The van der Waals surface area contributed by atoms with Gasteiger partial charge in [0.2, 0.25) is 10.0 Å². The highest BCUT2D eigenvalue weighted by atomic mass is 32.2. The van der Waals surface area contributed by atoms with Crippen LogP contribution in [0.25, 0.3) is 0 Å². The Morgan fingerprint density at radius 3 is 2.32 bits per heavy atom. The lowest BCUT2D eigenvalue weighted by molar-refractivity contribution is -0.146. The highest BCUT2D eigenvalue weighted by Crippen LogP contribution is 2.15. The average Bonchev–Trinajstić information content (AvgIpc) is 2.68. The molecule has 0 aliphatic carbocycles. The summed E-state index contributed by atoms with van der Waals surface area (Å²) in [5, 5.41) is 0. The first kappa shape index (κ1) is 21.6. The molecular weight excluding hydrogens is 380 g/mol. The Labute approximate surface area is 165 Å². The Bertz CT molecular complexity index is 942. The van der Waals surface area contributed by atoms with Crippen LogP contribution >= 0.6 is 0 Å². The van der Waals surface area contributed by atoms with Gasteiger partial charge in [0.15, 0.2) is 6.61 Å². The average molecular weight is 404 g/mol. The number of rotatable bonds is 8. The number of aryl methyl sites for hydroxylation is 2. The van der Waals surface area contributed by atoms with Crippen molar-refractivity contribution < 1.29 is 22.7 Å². The van der Waals surface area contributed by atoms with Crippen LogP contribution in [0, 0.1) is 13.8 Å². The van der Waals surface area contributed by atoms with Crippen LogP contribution in [0.1, 0.15) is 18.1 Å². The van der Waals surface area contributed by atoms with E-state index < -0.39 is 29.1 Å². The smallest absolute Gasteiger partial charge is 0.321 e. The van der Waals surface area contributed by atoms with Gasteiger partial charge in [-0.15, -0.1) is 0 Å². The molecule has 0 spiro atoms. The van der Waals surface area contributed by atoms with E-state index in [0.29, 0.717) is 12.2 Å². The number of amides is 1. The Morgan fingerprint density at radius 2 is 1.71 bits per heavy atom. The summed E-state index contributed by atoms with van der Waals surface area (Å²) >= 11 is 0. The van der Waals surface area contributed by atoms with Gasteiger partial charge in [0.25, 0.3) is 5.91 Å². The molecule has 1 N–H and O–H groups in total. The van der Waals surface area contributed by atoms with Gasteiger partial charge in [0.1, 0.15) is 6.54 Å². The highest BCUT2D eigenvalue weighted by Gasteiger charge is 2.19. The second-order valence-electron chi connectivity index (χ2n) is 6.20. The molecule has 7 nitrogen and oxygen atoms in total. The molecule has 0 saturated carbocycles. The first-order valence-electron chi connectivity index (χ1n) is 8.82. The fourth-order valence-corrected chi connectivity index (χ4v) is 3.55. The number of carbonyl (C=O) groups excluding carboxylic acids is 2. The molecule has 0 aliphatic rings. The van der Waals surface area contributed by atoms with Crippen LogP contribution in [0.5, 0.6) is 0 Å². The van der Waals surface area contributed by atoms with Crippen molar-refractivity contribution in [3.8, 4) is 0 Å². The summed E-state index contributed by atoms with van der Waals surface area (Å²) in [4.78, 5) is 25.7. The van der Waals surface area contributed by atoms with Crippen molar-refractivity contribution in [1.29, 1.82) is 0 Å². The lowest BCUT2D eigenvalue weighted by Crippen LogP contribution is -2.36. The molecule has 150 valence electrons. The van der Waals surface area contributed by atoms with E-state index in [1.54, 1.807) is 37.3 Å². The van der Waals surface area contributed by atoms with Crippen LogP contribution < -0.4 is 9.62 Å². The minimum absolute atomic E-state index is 0.0701. The molecule has 1 amide bonds. The number of para-hydroxylation sites is 1. The van der Waals surface area contributed by atoms with Crippen LogP contribution in [-0.4, -0.2) is 40.0 Å². The van der Waals surface area contributed by atoms with Gasteiger partial charge >= 0.3 is 5.97 Å². The second kappa shape index (κ2) is 9.48. The summed E-state index contributed by atoms with van der Waals surface area (Å²) in [5.74, 6) is -1.22. The maximum Gasteiger partial charge on any atom is 0.321 e. The molecule has 0 bridgehead atoms. The van der Waals surface area contributed by atoms with Gasteiger partial charge in [-0.3, -0.25) is 9.59 Å². The Kier molecular flexibility index (Phi) is 7.31. The van der Waals surface area contributed by atoms with Gasteiger partial charge in [0, 0.05) is 12.2 Å². The summed E-state index contributed by atoms with van der Waals surface area (Å²) in [6.07, 6.45) is 0. The van der Waals surface area contributed by atoms with E-state index in [1.165, 1.54) is 17.0 Å². The highest BCUT2D eigenvalue weighted by molar-refractivity contribution is 7.89. The normalized spacial score (nSPS) is 11.1. The van der Waals surface area contributed by atoms with Crippen LogP contribution in [0.15, 0.2) is 53.4 Å². The maximum atomic E-state index is 12.3. The summed E-state index contributed by atoms with van der Waals surface area (Å²) in [6, 6.07) is 13.7. The molecule has 8 heteroatoms. The second-order valence-corrected chi connectivity index (χ2v) is 7.97. The first-order valence-corrected chi connectivity index (χ1v) is 10.3. The van der Waals surface area contributed by atoms with Crippen molar-refractivity contribution in [2.75, 3.05) is 24.6 Å². The van der Waals surface area contributed by atoms with Gasteiger partial charge in [-0.2, -0.15) is 4.72 Å². The molecule has 0 aromatic heterocycles. The molecule has 0 atom stereocenters. The molecule has 2 rings (SSSR count). The van der Waals surface area contributed by atoms with Crippen molar-refractivity contribution in [3.63, 3.8) is 0 Å². The molecule has 2 aromatic rings. The number of nitrogens with one attached hydrogen (secondary N) is 1. The summed E-state index contributed by atoms with van der Waals surface area (Å²) < 4.78 is 31.7. The number of nitrogens with zero attached hydrogens (tertiary/aromatic N) is 1. The molecule has 0 aliphatic heterocycles. The number of sulfonamides is 1. The van der Waals surface area contributed by atoms with Gasteiger partial charge in [-0.25, -0.2) is 8.42 Å². The van der Waals surface area contributed by atoms with Crippen LogP contribution in [0.3, 0.4) is 0 Å². The van der Waals surface area contributed by atoms with Gasteiger partial charge in [-0.1, -0.05) is 24.3 Å². The number of ether oxygens (including phenoxy) is 1. The van der Waals surface area contributed by atoms with E-state index in [-0.39, 0.29) is 10.8 Å². The number of hydrogen-bond acceptors (Lipinski definition) is 5. The molecule has 2 aromatic carbocycles. The van der Waals surface area contributed by atoms with Crippen LogP contribution in [-0.2, 0) is 24.3 Å². The molecule has 0 radical (unpaired) electrons. The SMILES string of the molecule is CCN(C(=O)COC(=O)CNS(=O)(=O)c1ccc(C)c(C)c1)c1ccccc1. The number of carbonyl (C=O) groups is 2. The zero-order chi connectivity index (χ0) is 20.7. The van der Waals surface area contributed by atoms with Gasteiger partial charge in [-0.05, 0) is 56.2 Å². The van der Waals surface area contributed by atoms with Gasteiger partial charge in [0.05, 0.1) is 4.90 Å². The lowest BCUT2D eigenvalue weighted by atomic mass is 10.1. The van der Waals surface area contributed by atoms with Crippen molar-refractivity contribution in [3.05, 3.63) is 59.7 Å². The summed E-state index contributed by atoms with van der Waals surface area (Å²) in [6.45, 7) is 4.89. The van der Waals surface area contributed by atoms with Crippen molar-refractivity contribution in [1.82, 2.24) is 4.72 Å². The quantitative estimate of drug-likeness (QED) is 0.681. The Balaban J connectivity index is 1.89. The number of likely N-dealkylation sites (N-methyl/N-ethyl adjacent to an activating group) is 1. The monoisotopic (exact) mass is 404 g/mol. The third kappa shape index (κ3) is 5.64. The predicted molar refractivity (Wildman–Crippen MR) is 107 cm³/mol. The van der Waals surface area contributed by atoms with E-state index in [1.807, 2.05) is 19.9 Å². The molecule has 28 heavy (non-hydrogen) atoms. The zero-order valence-electron chi connectivity index (χ0n) is 16.1. The number of benzene rings is 2. The minimum Gasteiger partial charge on any atom is -0.455 e. The topological polar surface area (TPSA) is 92.8 Å². The Morgan fingerprint density at radius 1 is 1.04 bits per heavy atom. The zero-order valence-corrected chi connectivity index (χ0v) is 17.0. The molecule has 0 unspecified atom stereocenters. The number of esters is 1. The minimum atomic E-state index is -3.84. The fraction of sp³-hybridized carbons (Fsp3) is 0.300. The lowest BCUT2D eigenvalue weighted by Gasteiger charge is -2.20. The van der Waals surface area contributed by atoms with E-state index >= 15 is 0 Å². The third-order valence-corrected chi connectivity index (χ3v) is 5.64. The third-order valence-electron chi connectivity index (χ3n) is 4.24. The van der Waals surface area contributed by atoms with Crippen LogP contribution in [0.4, 0.5) is 5.69 Å². The maximum absolute atomic E-state index is 12.3. The van der Waals surface area contributed by atoms with Crippen molar-refractivity contribution >= 4 is 27.6 Å². The largest absolute Gasteiger partial charge is 0.455 e. The number of anilines is 1. The molecule has 0 fully saturated rings. The molecule has 0 heterocycles. The van der Waals surface area contributed by atoms with E-state index in [4.69, 9.17) is 4.74 Å². The van der Waals surface area contributed by atoms with Crippen LogP contribution in [0.2, 0.25) is 0 Å². The molecular formula is C20H24N2O5S. The molecule has 0 saturated heterocycles. The van der Waals surface area contributed by atoms with E-state index in [9.17, 15) is 18.0 Å². The summed E-state index contributed by atoms with van der Waals surface area (Å²) in [5.41, 5.74) is 2.49. The van der Waals surface area contributed by atoms with E-state index in [0.717, 1.165) is 11.1 Å². The fourth-order valence-electron chi connectivity index (χ4n) is 2.50. The predicted octanol–water partition coefficient (Wildman–Crippen LogP) is 2.18. The first-order chi connectivity index (χ1) is 13.2. The number of hydrogen-bond donors (Lipinski definition) is 1. The standard InChI is InChI=1S/C20H24N2O5S/c1-4-22(17-8-6-5-7-9-17)19(23)14-27-20(24)13-21-28(25,26)18-11-10-15(2)16(3)12-18/h5-12,21H,4,13-14H2,1-3H3. The van der Waals surface area contributed by atoms with E-state index in [2.05, 4.69) is 4.72 Å². The van der Waals surface area contributed by atoms with Crippen molar-refractivity contribution in [2.24, 2.45) is 0 Å². The Hall–Kier alpha value is -2.71. The van der Waals surface area contributed by atoms with Gasteiger partial charge < -0.3 is 9.64 Å².